The molecule has 1 aromatic heterocycles. The van der Waals surface area contributed by atoms with Gasteiger partial charge in [-0.15, -0.1) is 0 Å². The number of carbonyl (C=O) groups is 2. The van der Waals surface area contributed by atoms with Crippen molar-refractivity contribution in [3.63, 3.8) is 0 Å². The minimum absolute atomic E-state index is 0.0479. The van der Waals surface area contributed by atoms with Gasteiger partial charge in [-0.05, 0) is 61.6 Å². The molecule has 2 aromatic rings. The highest BCUT2D eigenvalue weighted by molar-refractivity contribution is 6.30. The number of carbonyl (C=O) groups excluding carboxylic acids is 2. The number of nitrogens with zero attached hydrogens (tertiary/aromatic N) is 1. The zero-order valence-electron chi connectivity index (χ0n) is 14.5. The van der Waals surface area contributed by atoms with Gasteiger partial charge in [-0.25, -0.2) is 0 Å². The predicted molar refractivity (Wildman–Crippen MR) is 101 cm³/mol. The minimum Gasteiger partial charge on any atom is -0.365 e. The zero-order valence-corrected chi connectivity index (χ0v) is 15.2. The number of hydrogen-bond acceptors (Lipinski definition) is 3. The van der Waals surface area contributed by atoms with Crippen LogP contribution < -0.4 is 11.3 Å². The molecule has 0 unspecified atom stereocenters. The van der Waals surface area contributed by atoms with Crippen molar-refractivity contribution in [3.05, 3.63) is 68.1 Å². The molecule has 1 aromatic carbocycles. The first-order valence-electron chi connectivity index (χ1n) is 8.81. The number of fused-ring (bicyclic) bond motifs is 1. The third-order valence-electron chi connectivity index (χ3n) is 4.83. The molecular weight excluding hydrogens is 352 g/mol. The van der Waals surface area contributed by atoms with Gasteiger partial charge in [0.2, 0.25) is 0 Å². The Hall–Kier alpha value is -2.40. The summed E-state index contributed by atoms with van der Waals surface area (Å²) >= 11 is 5.87. The van der Waals surface area contributed by atoms with Crippen molar-refractivity contribution in [1.29, 1.82) is 0 Å². The largest absolute Gasteiger partial charge is 0.365 e. The molecule has 0 atom stereocenters. The molecule has 1 aliphatic rings. The summed E-state index contributed by atoms with van der Waals surface area (Å²) in [5.74, 6) is -0.956. The number of halogens is 1. The summed E-state index contributed by atoms with van der Waals surface area (Å²) in [5, 5.41) is 0.541. The van der Waals surface area contributed by atoms with Crippen molar-refractivity contribution < 1.29 is 9.59 Å². The molecule has 0 saturated heterocycles. The predicted octanol–water partition coefficient (Wildman–Crippen LogP) is 3.14. The van der Waals surface area contributed by atoms with Crippen LogP contribution in [0.3, 0.4) is 0 Å². The Labute approximate surface area is 156 Å². The summed E-state index contributed by atoms with van der Waals surface area (Å²) in [7, 11) is 0. The number of Topliss-reactive ketones (excluding diaryl/α,β-unsaturated/α-hetero) is 1. The van der Waals surface area contributed by atoms with Gasteiger partial charge >= 0.3 is 0 Å². The fourth-order valence-corrected chi connectivity index (χ4v) is 3.57. The van der Waals surface area contributed by atoms with E-state index in [9.17, 15) is 14.4 Å². The van der Waals surface area contributed by atoms with E-state index < -0.39 is 11.5 Å². The third kappa shape index (κ3) is 3.88. The van der Waals surface area contributed by atoms with Crippen LogP contribution in [0.2, 0.25) is 5.02 Å². The van der Waals surface area contributed by atoms with Crippen molar-refractivity contribution in [2.45, 2.75) is 45.1 Å². The number of amides is 1. The lowest BCUT2D eigenvalue weighted by molar-refractivity contribution is 0.0961. The second-order valence-electron chi connectivity index (χ2n) is 6.63. The molecule has 1 aliphatic carbocycles. The summed E-state index contributed by atoms with van der Waals surface area (Å²) in [6, 6.07) is 8.17. The Morgan fingerprint density at radius 2 is 1.69 bits per heavy atom. The van der Waals surface area contributed by atoms with Crippen molar-refractivity contribution in [2.24, 2.45) is 5.73 Å². The Bertz CT molecular complexity index is 901. The Balaban J connectivity index is 2.06. The van der Waals surface area contributed by atoms with Crippen molar-refractivity contribution in [1.82, 2.24) is 4.57 Å². The lowest BCUT2D eigenvalue weighted by atomic mass is 9.95. The first kappa shape index (κ1) is 18.4. The topological polar surface area (TPSA) is 82.2 Å². The number of nitrogens with two attached hydrogens (primary N) is 1. The molecule has 136 valence electrons. The number of aromatic nitrogens is 1. The summed E-state index contributed by atoms with van der Waals surface area (Å²) < 4.78 is 1.44. The molecule has 2 N–H and O–H groups in total. The van der Waals surface area contributed by atoms with Crippen LogP contribution in [-0.4, -0.2) is 16.3 Å². The van der Waals surface area contributed by atoms with Crippen LogP contribution in [0, 0.1) is 0 Å². The molecule has 6 heteroatoms. The van der Waals surface area contributed by atoms with E-state index in [-0.39, 0.29) is 17.9 Å². The normalized spacial score (nSPS) is 14.2. The maximum atomic E-state index is 12.8. The maximum Gasteiger partial charge on any atom is 0.264 e. The molecule has 26 heavy (non-hydrogen) atoms. The van der Waals surface area contributed by atoms with Crippen LogP contribution in [-0.2, 0) is 19.4 Å². The number of rotatable bonds is 4. The highest BCUT2D eigenvalue weighted by atomic mass is 35.5. The molecular formula is C20H21ClN2O3. The summed E-state index contributed by atoms with van der Waals surface area (Å²) in [4.78, 5) is 37.2. The van der Waals surface area contributed by atoms with Gasteiger partial charge in [-0.3, -0.25) is 14.4 Å². The highest BCUT2D eigenvalue weighted by Crippen LogP contribution is 2.21. The quantitative estimate of drug-likeness (QED) is 0.837. The number of primary amides is 1. The molecule has 1 heterocycles. The van der Waals surface area contributed by atoms with E-state index in [4.69, 9.17) is 17.3 Å². The van der Waals surface area contributed by atoms with Crippen molar-refractivity contribution >= 4 is 23.3 Å². The summed E-state index contributed by atoms with van der Waals surface area (Å²) in [5.41, 5.74) is 7.13. The lowest BCUT2D eigenvalue weighted by Gasteiger charge is -2.20. The van der Waals surface area contributed by atoms with E-state index in [1.54, 1.807) is 30.3 Å². The molecule has 1 amide bonds. The van der Waals surface area contributed by atoms with E-state index in [1.807, 2.05) is 0 Å². The highest BCUT2D eigenvalue weighted by Gasteiger charge is 2.20. The second-order valence-corrected chi connectivity index (χ2v) is 7.07. The number of benzene rings is 1. The molecule has 0 fully saturated rings. The van der Waals surface area contributed by atoms with Crippen LogP contribution >= 0.6 is 11.6 Å². The fourth-order valence-electron chi connectivity index (χ4n) is 3.45. The third-order valence-corrected chi connectivity index (χ3v) is 5.09. The molecule has 0 radical (unpaired) electrons. The van der Waals surface area contributed by atoms with Gasteiger partial charge in [-0.2, -0.15) is 0 Å². The average Bonchev–Trinajstić information content (AvgIpc) is 2.58. The van der Waals surface area contributed by atoms with Crippen LogP contribution in [0.25, 0.3) is 0 Å². The standard InChI is InChI=1S/C20H21ClN2O3/c21-15-9-7-13(8-10-15)18(24)12-23-17-6-4-2-1-3-5-14(17)11-16(19(22)25)20(23)26/h7-11H,1-6,12H2,(H2,22,25). The van der Waals surface area contributed by atoms with Crippen LogP contribution in [0.4, 0.5) is 0 Å². The zero-order chi connectivity index (χ0) is 18.7. The average molecular weight is 373 g/mol. The van der Waals surface area contributed by atoms with E-state index in [0.717, 1.165) is 49.8 Å². The van der Waals surface area contributed by atoms with Gasteiger partial charge in [0.05, 0.1) is 6.54 Å². The molecule has 0 saturated carbocycles. The van der Waals surface area contributed by atoms with Gasteiger partial charge in [0.15, 0.2) is 5.78 Å². The second kappa shape index (κ2) is 7.87. The van der Waals surface area contributed by atoms with Crippen LogP contribution in [0.1, 0.15) is 57.7 Å². The minimum atomic E-state index is -0.757. The number of ketones is 1. The van der Waals surface area contributed by atoms with Crippen LogP contribution in [0.15, 0.2) is 35.1 Å². The smallest absolute Gasteiger partial charge is 0.264 e. The lowest BCUT2D eigenvalue weighted by Crippen LogP contribution is -2.35. The summed E-state index contributed by atoms with van der Waals surface area (Å²) in [6.45, 7) is -0.107. The maximum absolute atomic E-state index is 12.8. The van der Waals surface area contributed by atoms with Crippen molar-refractivity contribution in [3.8, 4) is 0 Å². The van der Waals surface area contributed by atoms with E-state index in [1.165, 1.54) is 4.57 Å². The Kier molecular flexibility index (Phi) is 5.57. The van der Waals surface area contributed by atoms with E-state index >= 15 is 0 Å². The van der Waals surface area contributed by atoms with Gasteiger partial charge in [0, 0.05) is 16.3 Å². The molecule has 0 spiro atoms. The molecule has 0 aliphatic heterocycles. The van der Waals surface area contributed by atoms with E-state index in [2.05, 4.69) is 0 Å². The first-order chi connectivity index (χ1) is 12.5. The Morgan fingerprint density at radius 3 is 2.35 bits per heavy atom. The molecule has 3 rings (SSSR count). The van der Waals surface area contributed by atoms with Gasteiger partial charge < -0.3 is 10.3 Å². The van der Waals surface area contributed by atoms with Crippen LogP contribution in [0.5, 0.6) is 0 Å². The van der Waals surface area contributed by atoms with E-state index in [0.29, 0.717) is 10.6 Å². The van der Waals surface area contributed by atoms with Crippen molar-refractivity contribution in [2.75, 3.05) is 0 Å². The number of pyridine rings is 1. The Morgan fingerprint density at radius 1 is 1.04 bits per heavy atom. The first-order valence-corrected chi connectivity index (χ1v) is 9.19. The summed E-state index contributed by atoms with van der Waals surface area (Å²) in [6.07, 6.45) is 5.67. The van der Waals surface area contributed by atoms with Gasteiger partial charge in [0.25, 0.3) is 11.5 Å². The molecule has 5 nitrogen and oxygen atoms in total. The number of hydrogen-bond donors (Lipinski definition) is 1. The molecule has 0 bridgehead atoms. The SMILES string of the molecule is NC(=O)c1cc2c(n(CC(=O)c3ccc(Cl)cc3)c1=O)CCCCCC2. The van der Waals surface area contributed by atoms with Gasteiger partial charge in [-0.1, -0.05) is 24.4 Å². The monoisotopic (exact) mass is 372 g/mol. The van der Waals surface area contributed by atoms with Gasteiger partial charge in [0.1, 0.15) is 5.56 Å². The fraction of sp³-hybridized carbons (Fsp3) is 0.350. The number of aryl methyl sites for hydroxylation is 1.